The molecule has 2 aromatic rings. The molecule has 0 bridgehead atoms. The Labute approximate surface area is 108 Å². The van der Waals surface area contributed by atoms with Gasteiger partial charge >= 0.3 is 0 Å². The smallest absolute Gasteiger partial charge is 0.229 e. The highest BCUT2D eigenvalue weighted by molar-refractivity contribution is 6.02. The minimum atomic E-state index is -0.356. The zero-order valence-corrected chi connectivity index (χ0v) is 10.1. The first-order valence-electron chi connectivity index (χ1n) is 6.02. The van der Waals surface area contributed by atoms with Crippen molar-refractivity contribution in [2.75, 3.05) is 0 Å². The van der Waals surface area contributed by atoms with E-state index in [0.717, 1.165) is 0 Å². The second kappa shape index (κ2) is 4.42. The first-order valence-corrected chi connectivity index (χ1v) is 6.02. The van der Waals surface area contributed by atoms with Gasteiger partial charge in [0.1, 0.15) is 5.82 Å². The van der Waals surface area contributed by atoms with Crippen LogP contribution >= 0.6 is 0 Å². The van der Waals surface area contributed by atoms with Crippen LogP contribution in [0.3, 0.4) is 0 Å². The summed E-state index contributed by atoms with van der Waals surface area (Å²) in [6.07, 6.45) is 2.08. The lowest BCUT2D eigenvalue weighted by Crippen LogP contribution is -2.28. The monoisotopic (exact) mass is 258 g/mol. The van der Waals surface area contributed by atoms with Gasteiger partial charge in [0.05, 0.1) is 12.1 Å². The summed E-state index contributed by atoms with van der Waals surface area (Å²) in [6.45, 7) is 0.158. The maximum absolute atomic E-state index is 13.6. The number of aromatic nitrogens is 1. The molecule has 0 spiro atoms. The van der Waals surface area contributed by atoms with Crippen molar-refractivity contribution in [2.45, 2.75) is 19.4 Å². The van der Waals surface area contributed by atoms with Gasteiger partial charge in [0.15, 0.2) is 0 Å². The van der Waals surface area contributed by atoms with Gasteiger partial charge in [-0.25, -0.2) is 4.39 Å². The van der Waals surface area contributed by atoms with Crippen LogP contribution in [-0.4, -0.2) is 21.7 Å². The normalized spacial score (nSPS) is 15.5. The summed E-state index contributed by atoms with van der Waals surface area (Å²) in [6, 6.07) is 6.20. The van der Waals surface area contributed by atoms with Gasteiger partial charge in [-0.05, 0) is 23.8 Å². The van der Waals surface area contributed by atoms with E-state index in [0.29, 0.717) is 16.5 Å². The van der Waals surface area contributed by atoms with Crippen molar-refractivity contribution < 1.29 is 14.0 Å². The predicted molar refractivity (Wildman–Crippen MR) is 66.5 cm³/mol. The van der Waals surface area contributed by atoms with Crippen LogP contribution in [0.15, 0.2) is 30.5 Å². The van der Waals surface area contributed by atoms with Crippen LogP contribution < -0.4 is 0 Å². The van der Waals surface area contributed by atoms with E-state index in [9.17, 15) is 14.0 Å². The molecular weight excluding hydrogens is 247 g/mol. The van der Waals surface area contributed by atoms with Crippen molar-refractivity contribution in [3.05, 3.63) is 41.8 Å². The third kappa shape index (κ3) is 1.97. The quantitative estimate of drug-likeness (QED) is 0.774. The first-order chi connectivity index (χ1) is 9.16. The highest BCUT2D eigenvalue weighted by Crippen LogP contribution is 2.23. The Morgan fingerprint density at radius 1 is 1.16 bits per heavy atom. The number of fused-ring (bicyclic) bond motifs is 1. The number of likely N-dealkylation sites (tertiary alicyclic amines) is 1. The molecule has 1 aromatic heterocycles. The Morgan fingerprint density at radius 3 is 2.63 bits per heavy atom. The average Bonchev–Trinajstić information content (AvgIpc) is 2.74. The molecule has 0 unspecified atom stereocenters. The highest BCUT2D eigenvalue weighted by Gasteiger charge is 2.29. The summed E-state index contributed by atoms with van der Waals surface area (Å²) in [5.74, 6) is -0.720. The molecule has 1 aliphatic heterocycles. The van der Waals surface area contributed by atoms with Crippen molar-refractivity contribution in [3.8, 4) is 0 Å². The van der Waals surface area contributed by atoms with Gasteiger partial charge in [-0.3, -0.25) is 19.5 Å². The SMILES string of the molecule is O=C1CCC(=O)N1Cc1ccc(F)c2cccnc12. The topological polar surface area (TPSA) is 50.3 Å². The van der Waals surface area contributed by atoms with Crippen LogP contribution in [0.25, 0.3) is 10.9 Å². The summed E-state index contributed by atoms with van der Waals surface area (Å²) in [4.78, 5) is 28.6. The van der Waals surface area contributed by atoms with Gasteiger partial charge in [-0.15, -0.1) is 0 Å². The van der Waals surface area contributed by atoms with E-state index >= 15 is 0 Å². The Kier molecular flexibility index (Phi) is 2.74. The third-order valence-electron chi connectivity index (χ3n) is 3.28. The van der Waals surface area contributed by atoms with Gasteiger partial charge in [0, 0.05) is 24.4 Å². The number of nitrogens with zero attached hydrogens (tertiary/aromatic N) is 2. The Hall–Kier alpha value is -2.30. The van der Waals surface area contributed by atoms with E-state index < -0.39 is 0 Å². The molecule has 2 heterocycles. The Balaban J connectivity index is 2.04. The standard InChI is InChI=1S/C14H11FN2O2/c15-11-4-3-9(14-10(11)2-1-7-16-14)8-17-12(18)5-6-13(17)19/h1-4,7H,5-6,8H2. The number of benzene rings is 1. The van der Waals surface area contributed by atoms with Crippen molar-refractivity contribution >= 4 is 22.7 Å². The fraction of sp³-hybridized carbons (Fsp3) is 0.214. The molecule has 4 nitrogen and oxygen atoms in total. The predicted octanol–water partition coefficient (Wildman–Crippen LogP) is 2.02. The maximum Gasteiger partial charge on any atom is 0.229 e. The molecule has 0 radical (unpaired) electrons. The summed E-state index contributed by atoms with van der Waals surface area (Å²) in [5.41, 5.74) is 1.18. The number of pyridine rings is 1. The fourth-order valence-electron chi connectivity index (χ4n) is 2.29. The number of hydrogen-bond acceptors (Lipinski definition) is 3. The summed E-state index contributed by atoms with van der Waals surface area (Å²) < 4.78 is 13.6. The second-order valence-electron chi connectivity index (χ2n) is 4.48. The minimum absolute atomic E-state index is 0.158. The van der Waals surface area contributed by atoms with E-state index in [2.05, 4.69) is 4.98 Å². The molecule has 0 atom stereocenters. The molecule has 5 heteroatoms. The zero-order chi connectivity index (χ0) is 13.4. The van der Waals surface area contributed by atoms with E-state index in [-0.39, 0.29) is 37.0 Å². The van der Waals surface area contributed by atoms with Crippen LogP contribution in [-0.2, 0) is 16.1 Å². The first kappa shape index (κ1) is 11.8. The number of imide groups is 1. The molecular formula is C14H11FN2O2. The average molecular weight is 258 g/mol. The number of hydrogen-bond donors (Lipinski definition) is 0. The number of rotatable bonds is 2. The number of amides is 2. The Morgan fingerprint density at radius 2 is 1.89 bits per heavy atom. The van der Waals surface area contributed by atoms with Crippen LogP contribution in [0.2, 0.25) is 0 Å². The highest BCUT2D eigenvalue weighted by atomic mass is 19.1. The molecule has 0 aliphatic carbocycles. The van der Waals surface area contributed by atoms with Crippen LogP contribution in [0.5, 0.6) is 0 Å². The zero-order valence-electron chi connectivity index (χ0n) is 10.1. The molecule has 0 N–H and O–H groups in total. The largest absolute Gasteiger partial charge is 0.278 e. The number of carbonyl (C=O) groups excluding carboxylic acids is 2. The lowest BCUT2D eigenvalue weighted by molar-refractivity contribution is -0.139. The van der Waals surface area contributed by atoms with E-state index in [1.54, 1.807) is 24.4 Å². The van der Waals surface area contributed by atoms with Crippen molar-refractivity contribution in [2.24, 2.45) is 0 Å². The molecule has 1 saturated heterocycles. The van der Waals surface area contributed by atoms with Crippen LogP contribution in [0, 0.1) is 5.82 Å². The summed E-state index contributed by atoms with van der Waals surface area (Å²) in [5, 5.41) is 0.402. The van der Waals surface area contributed by atoms with Crippen LogP contribution in [0.1, 0.15) is 18.4 Å². The van der Waals surface area contributed by atoms with E-state index in [4.69, 9.17) is 0 Å². The molecule has 96 valence electrons. The van der Waals surface area contributed by atoms with Crippen molar-refractivity contribution in [3.63, 3.8) is 0 Å². The van der Waals surface area contributed by atoms with Gasteiger partial charge in [-0.1, -0.05) is 6.07 Å². The van der Waals surface area contributed by atoms with E-state index in [1.807, 2.05) is 0 Å². The number of halogens is 1. The van der Waals surface area contributed by atoms with Crippen molar-refractivity contribution in [1.82, 2.24) is 9.88 Å². The molecule has 0 saturated carbocycles. The van der Waals surface area contributed by atoms with Crippen molar-refractivity contribution in [1.29, 1.82) is 0 Å². The Bertz CT molecular complexity index is 668. The lowest BCUT2D eigenvalue weighted by Gasteiger charge is -2.15. The van der Waals surface area contributed by atoms with Gasteiger partial charge in [0.25, 0.3) is 0 Å². The maximum atomic E-state index is 13.6. The molecule has 3 rings (SSSR count). The molecule has 2 amide bonds. The molecule has 1 aliphatic rings. The van der Waals surface area contributed by atoms with Gasteiger partial charge in [-0.2, -0.15) is 0 Å². The summed E-state index contributed by atoms with van der Waals surface area (Å²) in [7, 11) is 0. The van der Waals surface area contributed by atoms with Gasteiger partial charge in [0.2, 0.25) is 11.8 Å². The fourth-order valence-corrected chi connectivity index (χ4v) is 2.29. The minimum Gasteiger partial charge on any atom is -0.278 e. The van der Waals surface area contributed by atoms with Gasteiger partial charge < -0.3 is 0 Å². The molecule has 19 heavy (non-hydrogen) atoms. The third-order valence-corrected chi connectivity index (χ3v) is 3.28. The summed E-state index contributed by atoms with van der Waals surface area (Å²) >= 11 is 0. The lowest BCUT2D eigenvalue weighted by atomic mass is 10.1. The second-order valence-corrected chi connectivity index (χ2v) is 4.48. The molecule has 1 aromatic carbocycles. The number of carbonyl (C=O) groups is 2. The van der Waals surface area contributed by atoms with Crippen LogP contribution in [0.4, 0.5) is 4.39 Å². The van der Waals surface area contributed by atoms with E-state index in [1.165, 1.54) is 11.0 Å². The molecule has 1 fully saturated rings.